The first kappa shape index (κ1) is 10.3. The van der Waals surface area contributed by atoms with Crippen molar-refractivity contribution >= 4 is 5.69 Å². The van der Waals surface area contributed by atoms with Gasteiger partial charge in [-0.2, -0.15) is 5.26 Å². The largest absolute Gasteiger partial charge is 0.481 e. The van der Waals surface area contributed by atoms with Crippen LogP contribution in [0.3, 0.4) is 0 Å². The zero-order valence-electron chi connectivity index (χ0n) is 7.90. The van der Waals surface area contributed by atoms with E-state index in [1.807, 2.05) is 6.07 Å². The van der Waals surface area contributed by atoms with Gasteiger partial charge in [0.05, 0.1) is 31.5 Å². The van der Waals surface area contributed by atoms with Gasteiger partial charge in [0, 0.05) is 11.6 Å². The molecule has 0 radical (unpaired) electrons. The second-order valence-corrected chi connectivity index (χ2v) is 2.84. The van der Waals surface area contributed by atoms with E-state index in [0.717, 1.165) is 0 Å². The van der Waals surface area contributed by atoms with Crippen LogP contribution in [0.25, 0.3) is 0 Å². The van der Waals surface area contributed by atoms with Crippen LogP contribution in [0.15, 0.2) is 12.3 Å². The Hall–Kier alpha value is -1.80. The van der Waals surface area contributed by atoms with Crippen molar-refractivity contribution in [2.45, 2.75) is 12.5 Å². The molecule has 1 rings (SSSR count). The zero-order valence-corrected chi connectivity index (χ0v) is 7.90. The van der Waals surface area contributed by atoms with E-state index in [1.165, 1.54) is 13.3 Å². The van der Waals surface area contributed by atoms with E-state index in [4.69, 9.17) is 21.5 Å². The molecule has 0 aliphatic carbocycles. The lowest BCUT2D eigenvalue weighted by Gasteiger charge is -2.12. The lowest BCUT2D eigenvalue weighted by Crippen LogP contribution is -2.12. The predicted molar refractivity (Wildman–Crippen MR) is 52.4 cm³/mol. The van der Waals surface area contributed by atoms with Gasteiger partial charge in [-0.3, -0.25) is 0 Å². The summed E-state index contributed by atoms with van der Waals surface area (Å²) in [4.78, 5) is 3.96. The van der Waals surface area contributed by atoms with Gasteiger partial charge in [0.2, 0.25) is 5.88 Å². The van der Waals surface area contributed by atoms with Gasteiger partial charge in [0.1, 0.15) is 0 Å². The third-order valence-corrected chi connectivity index (χ3v) is 1.80. The Morgan fingerprint density at radius 1 is 1.71 bits per heavy atom. The SMILES string of the molecule is COc1ncc(N)cc1C(N)CC#N. The smallest absolute Gasteiger partial charge is 0.218 e. The molecule has 14 heavy (non-hydrogen) atoms. The zero-order chi connectivity index (χ0) is 10.6. The molecule has 0 aromatic carbocycles. The van der Waals surface area contributed by atoms with Gasteiger partial charge in [-0.15, -0.1) is 0 Å². The number of hydrogen-bond acceptors (Lipinski definition) is 5. The molecule has 0 amide bonds. The molecule has 1 unspecified atom stereocenters. The van der Waals surface area contributed by atoms with Gasteiger partial charge in [-0.25, -0.2) is 4.98 Å². The van der Waals surface area contributed by atoms with Gasteiger partial charge < -0.3 is 16.2 Å². The number of rotatable bonds is 3. The molecule has 0 saturated carbocycles. The summed E-state index contributed by atoms with van der Waals surface area (Å²) in [6.07, 6.45) is 1.70. The standard InChI is InChI=1S/C9H12N4O/c1-14-9-7(8(12)2-3-10)4-6(11)5-13-9/h4-5,8H,2,11-12H2,1H3. The van der Waals surface area contributed by atoms with E-state index in [2.05, 4.69) is 4.98 Å². The highest BCUT2D eigenvalue weighted by molar-refractivity contribution is 5.44. The first-order valence-electron chi connectivity index (χ1n) is 4.11. The average Bonchev–Trinajstić information content (AvgIpc) is 2.18. The van der Waals surface area contributed by atoms with Crippen molar-refractivity contribution in [3.63, 3.8) is 0 Å². The summed E-state index contributed by atoms with van der Waals surface area (Å²) >= 11 is 0. The van der Waals surface area contributed by atoms with Crippen LogP contribution in [0, 0.1) is 11.3 Å². The summed E-state index contributed by atoms with van der Waals surface area (Å²) in [7, 11) is 1.50. The molecule has 74 valence electrons. The third-order valence-electron chi connectivity index (χ3n) is 1.80. The van der Waals surface area contributed by atoms with Crippen molar-refractivity contribution in [1.82, 2.24) is 4.98 Å². The molecule has 0 aliphatic heterocycles. The van der Waals surface area contributed by atoms with Crippen LogP contribution in [0.1, 0.15) is 18.0 Å². The first-order valence-corrected chi connectivity index (χ1v) is 4.11. The summed E-state index contributed by atoms with van der Waals surface area (Å²) < 4.78 is 5.01. The number of pyridine rings is 1. The summed E-state index contributed by atoms with van der Waals surface area (Å²) in [5, 5.41) is 8.51. The molecule has 0 aliphatic rings. The van der Waals surface area contributed by atoms with Crippen LogP contribution in [0.5, 0.6) is 5.88 Å². The maximum atomic E-state index is 8.51. The highest BCUT2D eigenvalue weighted by atomic mass is 16.5. The number of nitriles is 1. The topological polar surface area (TPSA) is 97.9 Å². The van der Waals surface area contributed by atoms with Crippen LogP contribution >= 0.6 is 0 Å². The molecule has 0 fully saturated rings. The Kier molecular flexibility index (Phi) is 3.26. The molecule has 5 heteroatoms. The van der Waals surface area contributed by atoms with E-state index >= 15 is 0 Å². The van der Waals surface area contributed by atoms with Crippen molar-refractivity contribution in [3.8, 4) is 11.9 Å². The second-order valence-electron chi connectivity index (χ2n) is 2.84. The van der Waals surface area contributed by atoms with Crippen LogP contribution in [-0.4, -0.2) is 12.1 Å². The lowest BCUT2D eigenvalue weighted by atomic mass is 10.1. The number of anilines is 1. The van der Waals surface area contributed by atoms with Gasteiger partial charge in [0.25, 0.3) is 0 Å². The second kappa shape index (κ2) is 4.44. The molecule has 1 atom stereocenters. The van der Waals surface area contributed by atoms with Crippen molar-refractivity contribution < 1.29 is 4.74 Å². The molecule has 4 N–H and O–H groups in total. The molecular weight excluding hydrogens is 180 g/mol. The molecule has 0 saturated heterocycles. The Labute approximate surface area is 82.3 Å². The highest BCUT2D eigenvalue weighted by Crippen LogP contribution is 2.24. The fourth-order valence-corrected chi connectivity index (χ4v) is 1.13. The molecule has 1 aromatic rings. The Bertz CT molecular complexity index is 358. The normalized spacial score (nSPS) is 11.8. The quantitative estimate of drug-likeness (QED) is 0.730. The van der Waals surface area contributed by atoms with Crippen molar-refractivity contribution in [3.05, 3.63) is 17.8 Å². The van der Waals surface area contributed by atoms with Crippen molar-refractivity contribution in [1.29, 1.82) is 5.26 Å². The molecule has 5 nitrogen and oxygen atoms in total. The van der Waals surface area contributed by atoms with Crippen LogP contribution in [0.2, 0.25) is 0 Å². The number of nitrogens with two attached hydrogens (primary N) is 2. The maximum absolute atomic E-state index is 8.51. The Morgan fingerprint density at radius 3 is 3.00 bits per heavy atom. The number of ether oxygens (including phenoxy) is 1. The van der Waals surface area contributed by atoms with Crippen LogP contribution in [-0.2, 0) is 0 Å². The molecular formula is C9H12N4O. The highest BCUT2D eigenvalue weighted by Gasteiger charge is 2.12. The summed E-state index contributed by atoms with van der Waals surface area (Å²) in [6, 6.07) is 3.25. The van der Waals surface area contributed by atoms with Crippen LogP contribution in [0.4, 0.5) is 5.69 Å². The fourth-order valence-electron chi connectivity index (χ4n) is 1.13. The molecule has 1 aromatic heterocycles. The minimum absolute atomic E-state index is 0.210. The van der Waals surface area contributed by atoms with Gasteiger partial charge in [0.15, 0.2) is 0 Å². The monoisotopic (exact) mass is 192 g/mol. The van der Waals surface area contributed by atoms with E-state index in [9.17, 15) is 0 Å². The Balaban J connectivity index is 3.04. The number of methoxy groups -OCH3 is 1. The summed E-state index contributed by atoms with van der Waals surface area (Å²) in [5.74, 6) is 0.418. The number of hydrogen-bond donors (Lipinski definition) is 2. The summed E-state index contributed by atoms with van der Waals surface area (Å²) in [6.45, 7) is 0. The van der Waals surface area contributed by atoms with Gasteiger partial charge >= 0.3 is 0 Å². The third kappa shape index (κ3) is 2.12. The van der Waals surface area contributed by atoms with Gasteiger partial charge in [-0.1, -0.05) is 0 Å². The van der Waals surface area contributed by atoms with E-state index in [-0.39, 0.29) is 6.42 Å². The fraction of sp³-hybridized carbons (Fsp3) is 0.333. The van der Waals surface area contributed by atoms with Gasteiger partial charge in [-0.05, 0) is 6.07 Å². The minimum atomic E-state index is -0.411. The predicted octanol–water partition coefficient (Wildman–Crippen LogP) is 0.586. The van der Waals surface area contributed by atoms with E-state index < -0.39 is 6.04 Å². The van der Waals surface area contributed by atoms with Crippen molar-refractivity contribution in [2.75, 3.05) is 12.8 Å². The molecule has 0 bridgehead atoms. The first-order chi connectivity index (χ1) is 6.69. The van der Waals surface area contributed by atoms with E-state index in [1.54, 1.807) is 6.07 Å². The van der Waals surface area contributed by atoms with Crippen LogP contribution < -0.4 is 16.2 Å². The number of nitrogens with zero attached hydrogens (tertiary/aromatic N) is 2. The van der Waals surface area contributed by atoms with Crippen molar-refractivity contribution in [2.24, 2.45) is 5.73 Å². The number of nitrogen functional groups attached to an aromatic ring is 1. The summed E-state index contributed by atoms with van der Waals surface area (Å²) in [5.41, 5.74) is 12.5. The Morgan fingerprint density at radius 2 is 2.43 bits per heavy atom. The number of aromatic nitrogens is 1. The molecule has 0 spiro atoms. The molecule has 1 heterocycles. The lowest BCUT2D eigenvalue weighted by molar-refractivity contribution is 0.389. The minimum Gasteiger partial charge on any atom is -0.481 e. The average molecular weight is 192 g/mol. The van der Waals surface area contributed by atoms with E-state index in [0.29, 0.717) is 17.1 Å². The maximum Gasteiger partial charge on any atom is 0.218 e.